The van der Waals surface area contributed by atoms with Gasteiger partial charge < -0.3 is 15.4 Å². The molecular formula is C10H22N2O4S. The first-order chi connectivity index (χ1) is 7.66. The highest BCUT2D eigenvalue weighted by atomic mass is 32.2. The molecule has 0 aliphatic carbocycles. The van der Waals surface area contributed by atoms with Crippen molar-refractivity contribution in [1.82, 2.24) is 10.6 Å². The minimum atomic E-state index is -3.01. The maximum absolute atomic E-state index is 11.4. The summed E-state index contributed by atoms with van der Waals surface area (Å²) in [6, 6.07) is -0.319. The number of sulfone groups is 1. The number of rotatable bonds is 7. The standard InChI is InChI=1S/C10H22N2O4S/c1-10(2,5-8-17(4,14)15)12-9(13)11-6-7-16-3/h5-8H2,1-4H3,(H2,11,12,13). The molecular weight excluding hydrogens is 244 g/mol. The van der Waals surface area contributed by atoms with Crippen LogP contribution < -0.4 is 10.6 Å². The van der Waals surface area contributed by atoms with E-state index in [2.05, 4.69) is 10.6 Å². The molecule has 0 aromatic rings. The van der Waals surface area contributed by atoms with Crippen LogP contribution in [0.1, 0.15) is 20.3 Å². The van der Waals surface area contributed by atoms with Crippen molar-refractivity contribution in [3.05, 3.63) is 0 Å². The lowest BCUT2D eigenvalue weighted by Gasteiger charge is -2.26. The Labute approximate surface area is 103 Å². The molecule has 7 heteroatoms. The lowest BCUT2D eigenvalue weighted by molar-refractivity contribution is 0.193. The molecule has 6 nitrogen and oxygen atoms in total. The highest BCUT2D eigenvalue weighted by Crippen LogP contribution is 2.09. The van der Waals surface area contributed by atoms with Crippen molar-refractivity contribution in [1.29, 1.82) is 0 Å². The van der Waals surface area contributed by atoms with Crippen LogP contribution in [0.3, 0.4) is 0 Å². The van der Waals surface area contributed by atoms with E-state index in [9.17, 15) is 13.2 Å². The van der Waals surface area contributed by atoms with Gasteiger partial charge in [-0.15, -0.1) is 0 Å². The first-order valence-electron chi connectivity index (χ1n) is 5.39. The minimum Gasteiger partial charge on any atom is -0.383 e. The minimum absolute atomic E-state index is 0.0539. The zero-order valence-corrected chi connectivity index (χ0v) is 11.7. The summed E-state index contributed by atoms with van der Waals surface area (Å²) in [5.41, 5.74) is -0.555. The fraction of sp³-hybridized carbons (Fsp3) is 0.900. The Balaban J connectivity index is 4.02. The molecule has 0 aliphatic rings. The van der Waals surface area contributed by atoms with E-state index in [1.165, 1.54) is 6.26 Å². The third kappa shape index (κ3) is 10.1. The molecule has 102 valence electrons. The molecule has 2 amide bonds. The van der Waals surface area contributed by atoms with Gasteiger partial charge in [-0.25, -0.2) is 13.2 Å². The number of amides is 2. The van der Waals surface area contributed by atoms with E-state index in [0.717, 1.165) is 0 Å². The maximum atomic E-state index is 11.4. The van der Waals surface area contributed by atoms with E-state index < -0.39 is 15.4 Å². The molecule has 0 unspecified atom stereocenters. The maximum Gasteiger partial charge on any atom is 0.315 e. The van der Waals surface area contributed by atoms with Gasteiger partial charge in [-0.1, -0.05) is 0 Å². The van der Waals surface area contributed by atoms with Crippen LogP contribution in [-0.4, -0.2) is 52.3 Å². The van der Waals surface area contributed by atoms with Crippen molar-refractivity contribution in [3.63, 3.8) is 0 Å². The Bertz CT molecular complexity index is 338. The smallest absolute Gasteiger partial charge is 0.315 e. The Kier molecular flexibility index (Phi) is 6.48. The van der Waals surface area contributed by atoms with Crippen molar-refractivity contribution in [3.8, 4) is 0 Å². The molecule has 0 aromatic heterocycles. The molecule has 0 atom stereocenters. The van der Waals surface area contributed by atoms with Crippen LogP contribution >= 0.6 is 0 Å². The zero-order chi connectivity index (χ0) is 13.5. The number of methoxy groups -OCH3 is 1. The molecule has 0 saturated heterocycles. The monoisotopic (exact) mass is 266 g/mol. The SMILES string of the molecule is COCCNC(=O)NC(C)(C)CCS(C)(=O)=O. The van der Waals surface area contributed by atoms with Gasteiger partial charge in [-0.05, 0) is 20.3 Å². The van der Waals surface area contributed by atoms with E-state index in [1.807, 2.05) is 0 Å². The number of hydrogen-bond donors (Lipinski definition) is 2. The first kappa shape index (κ1) is 16.2. The second-order valence-corrected chi connectivity index (χ2v) is 6.90. The average molecular weight is 266 g/mol. The first-order valence-corrected chi connectivity index (χ1v) is 7.45. The topological polar surface area (TPSA) is 84.5 Å². The highest BCUT2D eigenvalue weighted by Gasteiger charge is 2.21. The van der Waals surface area contributed by atoms with Gasteiger partial charge >= 0.3 is 6.03 Å². The van der Waals surface area contributed by atoms with Gasteiger partial charge in [0, 0.05) is 25.4 Å². The van der Waals surface area contributed by atoms with E-state index in [-0.39, 0.29) is 11.8 Å². The van der Waals surface area contributed by atoms with E-state index in [4.69, 9.17) is 4.74 Å². The predicted octanol–water partition coefficient (Wildman–Crippen LogP) is 0.145. The molecule has 0 bridgehead atoms. The van der Waals surface area contributed by atoms with Gasteiger partial charge in [0.05, 0.1) is 12.4 Å². The second-order valence-electron chi connectivity index (χ2n) is 4.64. The Morgan fingerprint density at radius 2 is 1.94 bits per heavy atom. The largest absolute Gasteiger partial charge is 0.383 e. The van der Waals surface area contributed by atoms with Gasteiger partial charge in [0.25, 0.3) is 0 Å². The number of ether oxygens (including phenoxy) is 1. The van der Waals surface area contributed by atoms with Gasteiger partial charge in [-0.3, -0.25) is 0 Å². The number of carbonyl (C=O) groups excluding carboxylic acids is 1. The van der Waals surface area contributed by atoms with Gasteiger partial charge in [-0.2, -0.15) is 0 Å². The summed E-state index contributed by atoms with van der Waals surface area (Å²) < 4.78 is 26.9. The van der Waals surface area contributed by atoms with Crippen molar-refractivity contribution in [2.75, 3.05) is 32.3 Å². The van der Waals surface area contributed by atoms with E-state index in [0.29, 0.717) is 19.6 Å². The predicted molar refractivity (Wildman–Crippen MR) is 66.8 cm³/mol. The molecule has 0 aliphatic heterocycles. The number of hydrogen-bond acceptors (Lipinski definition) is 4. The number of nitrogens with one attached hydrogen (secondary N) is 2. The average Bonchev–Trinajstić information content (AvgIpc) is 2.14. The molecule has 0 rings (SSSR count). The third-order valence-corrected chi connectivity index (χ3v) is 3.09. The van der Waals surface area contributed by atoms with Crippen molar-refractivity contribution in [2.24, 2.45) is 0 Å². The molecule has 0 aromatic carbocycles. The zero-order valence-electron chi connectivity index (χ0n) is 10.9. The molecule has 17 heavy (non-hydrogen) atoms. The van der Waals surface area contributed by atoms with Gasteiger partial charge in [0.1, 0.15) is 9.84 Å². The lowest BCUT2D eigenvalue weighted by Crippen LogP contribution is -2.49. The van der Waals surface area contributed by atoms with Crippen molar-refractivity contribution < 1.29 is 17.9 Å². The molecule has 0 heterocycles. The van der Waals surface area contributed by atoms with E-state index in [1.54, 1.807) is 21.0 Å². The normalized spacial score (nSPS) is 12.2. The van der Waals surface area contributed by atoms with Crippen LogP contribution in [0.15, 0.2) is 0 Å². The Morgan fingerprint density at radius 1 is 1.35 bits per heavy atom. The highest BCUT2D eigenvalue weighted by molar-refractivity contribution is 7.90. The Morgan fingerprint density at radius 3 is 2.41 bits per heavy atom. The number of carbonyl (C=O) groups is 1. The fourth-order valence-electron chi connectivity index (χ4n) is 1.12. The molecule has 0 radical (unpaired) electrons. The van der Waals surface area contributed by atoms with Gasteiger partial charge in [0.2, 0.25) is 0 Å². The summed E-state index contributed by atoms with van der Waals surface area (Å²) in [5, 5.41) is 5.33. The summed E-state index contributed by atoms with van der Waals surface area (Å²) >= 11 is 0. The van der Waals surface area contributed by atoms with Gasteiger partial charge in [0.15, 0.2) is 0 Å². The van der Waals surface area contributed by atoms with Crippen molar-refractivity contribution in [2.45, 2.75) is 25.8 Å². The summed E-state index contributed by atoms with van der Waals surface area (Å²) in [5.74, 6) is 0.0539. The van der Waals surface area contributed by atoms with Crippen molar-refractivity contribution >= 4 is 15.9 Å². The van der Waals surface area contributed by atoms with Crippen LogP contribution in [0.25, 0.3) is 0 Å². The summed E-state index contributed by atoms with van der Waals surface area (Å²) in [7, 11) is -1.45. The van der Waals surface area contributed by atoms with Crippen LogP contribution in [0.2, 0.25) is 0 Å². The third-order valence-electron chi connectivity index (χ3n) is 2.14. The Hall–Kier alpha value is -0.820. The molecule has 0 fully saturated rings. The summed E-state index contributed by atoms with van der Waals surface area (Å²) in [6.45, 7) is 4.43. The van der Waals surface area contributed by atoms with Crippen LogP contribution in [-0.2, 0) is 14.6 Å². The van der Waals surface area contributed by atoms with Crippen LogP contribution in [0.5, 0.6) is 0 Å². The number of urea groups is 1. The van der Waals surface area contributed by atoms with Crippen LogP contribution in [0.4, 0.5) is 4.79 Å². The summed E-state index contributed by atoms with van der Waals surface area (Å²) in [4.78, 5) is 11.4. The lowest BCUT2D eigenvalue weighted by atomic mass is 10.0. The van der Waals surface area contributed by atoms with Crippen LogP contribution in [0, 0.1) is 0 Å². The quantitative estimate of drug-likeness (QED) is 0.642. The molecule has 0 spiro atoms. The second kappa shape index (κ2) is 6.80. The van der Waals surface area contributed by atoms with E-state index >= 15 is 0 Å². The summed E-state index contributed by atoms with van der Waals surface area (Å²) in [6.07, 6.45) is 1.56. The molecule has 2 N–H and O–H groups in total. The molecule has 0 saturated carbocycles. The fourth-order valence-corrected chi connectivity index (χ4v) is 2.00.